The molecule has 0 aliphatic heterocycles. The van der Waals surface area contributed by atoms with Crippen LogP contribution >= 0.6 is 27.5 Å². The van der Waals surface area contributed by atoms with Gasteiger partial charge in [-0.15, -0.1) is 10.2 Å². The molecule has 0 fully saturated rings. The predicted octanol–water partition coefficient (Wildman–Crippen LogP) is 4.01. The normalized spacial score (nSPS) is 11.9. The summed E-state index contributed by atoms with van der Waals surface area (Å²) in [5.74, 6) is 0.403. The van der Waals surface area contributed by atoms with Crippen LogP contribution in [0.5, 0.6) is 0 Å². The zero-order chi connectivity index (χ0) is 13.5. The number of aryl methyl sites for hydroxylation is 1. The lowest BCUT2D eigenvalue weighted by Crippen LogP contribution is -2.07. The minimum Gasteiger partial charge on any atom is -0.269 e. The van der Waals surface area contributed by atoms with Crippen LogP contribution < -0.4 is 0 Å². The van der Waals surface area contributed by atoms with E-state index in [2.05, 4.69) is 26.1 Å². The van der Waals surface area contributed by atoms with Crippen molar-refractivity contribution in [2.24, 2.45) is 0 Å². The number of benzene rings is 1. The van der Waals surface area contributed by atoms with E-state index >= 15 is 0 Å². The molecule has 3 nitrogen and oxygen atoms in total. The van der Waals surface area contributed by atoms with E-state index in [1.165, 1.54) is 10.6 Å². The fourth-order valence-corrected chi connectivity index (χ4v) is 2.15. The van der Waals surface area contributed by atoms with Gasteiger partial charge in [-0.3, -0.25) is 4.57 Å². The number of alkyl halides is 3. The summed E-state index contributed by atoms with van der Waals surface area (Å²) in [6.45, 7) is 1.60. The first-order valence-corrected chi connectivity index (χ1v) is 5.92. The summed E-state index contributed by atoms with van der Waals surface area (Å²) in [6.07, 6.45) is -4.41. The Kier molecular flexibility index (Phi) is 3.37. The van der Waals surface area contributed by atoms with Crippen molar-refractivity contribution in [3.63, 3.8) is 0 Å². The molecule has 0 bridgehead atoms. The van der Waals surface area contributed by atoms with Crippen LogP contribution in [0.3, 0.4) is 0 Å². The quantitative estimate of drug-likeness (QED) is 0.785. The van der Waals surface area contributed by atoms with Crippen LogP contribution in [0.1, 0.15) is 11.4 Å². The Labute approximate surface area is 114 Å². The summed E-state index contributed by atoms with van der Waals surface area (Å²) < 4.78 is 39.8. The third-order valence-electron chi connectivity index (χ3n) is 2.30. The van der Waals surface area contributed by atoms with Gasteiger partial charge >= 0.3 is 6.18 Å². The fourth-order valence-electron chi connectivity index (χ4n) is 1.47. The maximum atomic E-state index is 12.7. The summed E-state index contributed by atoms with van der Waals surface area (Å²) in [4.78, 5) is 0. The fraction of sp³-hybridized carbons (Fsp3) is 0.200. The van der Waals surface area contributed by atoms with Crippen LogP contribution in [-0.2, 0) is 6.18 Å². The second-order valence-electron chi connectivity index (χ2n) is 3.52. The second kappa shape index (κ2) is 4.55. The average Bonchev–Trinajstić information content (AvgIpc) is 2.58. The van der Waals surface area contributed by atoms with Crippen molar-refractivity contribution < 1.29 is 13.2 Å². The lowest BCUT2D eigenvalue weighted by Gasteiger charge is -2.12. The second-order valence-corrected chi connectivity index (χ2v) is 4.71. The summed E-state index contributed by atoms with van der Waals surface area (Å²) in [6, 6.07) is 3.29. The van der Waals surface area contributed by atoms with Crippen LogP contribution in [0.4, 0.5) is 13.2 Å². The molecule has 8 heteroatoms. The molecule has 0 saturated carbocycles. The number of nitrogens with zero attached hydrogens (tertiary/aromatic N) is 3. The summed E-state index contributed by atoms with van der Waals surface area (Å²) >= 11 is 8.99. The topological polar surface area (TPSA) is 30.7 Å². The molecule has 0 amide bonds. The first-order valence-electron chi connectivity index (χ1n) is 4.75. The van der Waals surface area contributed by atoms with Crippen molar-refractivity contribution in [1.29, 1.82) is 0 Å². The van der Waals surface area contributed by atoms with Crippen LogP contribution in [0.25, 0.3) is 5.69 Å². The number of halogens is 5. The summed E-state index contributed by atoms with van der Waals surface area (Å²) in [5.41, 5.74) is -0.512. The molecule has 0 saturated heterocycles. The number of hydrogen-bond acceptors (Lipinski definition) is 2. The van der Waals surface area contributed by atoms with Gasteiger partial charge in [0.2, 0.25) is 5.28 Å². The molecule has 18 heavy (non-hydrogen) atoms. The molecule has 1 aromatic carbocycles. The highest BCUT2D eigenvalue weighted by Gasteiger charge is 2.31. The van der Waals surface area contributed by atoms with E-state index in [-0.39, 0.29) is 11.0 Å². The molecule has 1 heterocycles. The van der Waals surface area contributed by atoms with E-state index in [0.29, 0.717) is 10.3 Å². The Morgan fingerprint density at radius 3 is 2.44 bits per heavy atom. The Balaban J connectivity index is 2.65. The lowest BCUT2D eigenvalue weighted by atomic mass is 10.2. The van der Waals surface area contributed by atoms with Gasteiger partial charge in [0.05, 0.1) is 11.3 Å². The molecule has 0 aliphatic carbocycles. The maximum absolute atomic E-state index is 12.7. The van der Waals surface area contributed by atoms with Gasteiger partial charge in [-0.1, -0.05) is 0 Å². The SMILES string of the molecule is Cc1nnc(Cl)n1-c1cc(C(F)(F)F)ccc1Br. The van der Waals surface area contributed by atoms with Crippen molar-refractivity contribution in [1.82, 2.24) is 14.8 Å². The number of aromatic nitrogens is 3. The molecule has 0 aliphatic rings. The van der Waals surface area contributed by atoms with Gasteiger partial charge in [0.15, 0.2) is 0 Å². The Morgan fingerprint density at radius 2 is 1.94 bits per heavy atom. The van der Waals surface area contributed by atoms with E-state index < -0.39 is 11.7 Å². The Morgan fingerprint density at radius 1 is 1.28 bits per heavy atom. The molecule has 0 unspecified atom stereocenters. The van der Waals surface area contributed by atoms with Gasteiger partial charge in [-0.25, -0.2) is 0 Å². The van der Waals surface area contributed by atoms with E-state index in [1.54, 1.807) is 6.92 Å². The smallest absolute Gasteiger partial charge is 0.269 e. The van der Waals surface area contributed by atoms with Gasteiger partial charge in [0.1, 0.15) is 5.82 Å². The summed E-state index contributed by atoms with van der Waals surface area (Å²) in [5, 5.41) is 7.31. The molecule has 0 atom stereocenters. The molecule has 96 valence electrons. The van der Waals surface area contributed by atoms with Crippen molar-refractivity contribution in [3.8, 4) is 5.69 Å². The Bertz CT molecular complexity index is 575. The van der Waals surface area contributed by atoms with Crippen LogP contribution in [-0.4, -0.2) is 14.8 Å². The largest absolute Gasteiger partial charge is 0.416 e. The molecule has 0 spiro atoms. The highest BCUT2D eigenvalue weighted by Crippen LogP contribution is 2.34. The molecular weight excluding hydrogens is 334 g/mol. The van der Waals surface area contributed by atoms with E-state index in [4.69, 9.17) is 11.6 Å². The number of rotatable bonds is 1. The van der Waals surface area contributed by atoms with Crippen molar-refractivity contribution >= 4 is 27.5 Å². The van der Waals surface area contributed by atoms with Crippen molar-refractivity contribution in [2.75, 3.05) is 0 Å². The highest BCUT2D eigenvalue weighted by atomic mass is 79.9. The lowest BCUT2D eigenvalue weighted by molar-refractivity contribution is -0.137. The van der Waals surface area contributed by atoms with Crippen LogP contribution in [0, 0.1) is 6.92 Å². The molecular formula is C10H6BrClF3N3. The predicted molar refractivity (Wildman–Crippen MR) is 63.8 cm³/mol. The van der Waals surface area contributed by atoms with Crippen molar-refractivity contribution in [2.45, 2.75) is 13.1 Å². The van der Waals surface area contributed by atoms with Gasteiger partial charge in [0, 0.05) is 4.47 Å². The minimum atomic E-state index is -4.41. The van der Waals surface area contributed by atoms with Gasteiger partial charge in [-0.05, 0) is 52.7 Å². The number of hydrogen-bond donors (Lipinski definition) is 0. The Hall–Kier alpha value is -1.08. The zero-order valence-corrected chi connectivity index (χ0v) is 11.3. The van der Waals surface area contributed by atoms with Crippen LogP contribution in [0.15, 0.2) is 22.7 Å². The molecule has 0 radical (unpaired) electrons. The first kappa shape index (κ1) is 13.4. The van der Waals surface area contributed by atoms with E-state index in [0.717, 1.165) is 12.1 Å². The molecule has 0 N–H and O–H groups in total. The van der Waals surface area contributed by atoms with Crippen molar-refractivity contribution in [3.05, 3.63) is 39.3 Å². The monoisotopic (exact) mass is 339 g/mol. The summed E-state index contributed by atoms with van der Waals surface area (Å²) in [7, 11) is 0. The van der Waals surface area contributed by atoms with Gasteiger partial charge in [-0.2, -0.15) is 13.2 Å². The molecule has 1 aromatic heterocycles. The third kappa shape index (κ3) is 2.37. The maximum Gasteiger partial charge on any atom is 0.416 e. The van der Waals surface area contributed by atoms with E-state index in [1.807, 2.05) is 0 Å². The average molecular weight is 341 g/mol. The van der Waals surface area contributed by atoms with Gasteiger partial charge in [0.25, 0.3) is 0 Å². The standard InChI is InChI=1S/C10H6BrClF3N3/c1-5-16-17-9(12)18(5)8-4-6(10(13,14)15)2-3-7(8)11/h2-4H,1H3. The van der Waals surface area contributed by atoms with Crippen LogP contribution in [0.2, 0.25) is 5.28 Å². The highest BCUT2D eigenvalue weighted by molar-refractivity contribution is 9.10. The van der Waals surface area contributed by atoms with Gasteiger partial charge < -0.3 is 0 Å². The minimum absolute atomic E-state index is 0.00697. The van der Waals surface area contributed by atoms with E-state index in [9.17, 15) is 13.2 Å². The zero-order valence-electron chi connectivity index (χ0n) is 8.96. The molecule has 2 aromatic rings. The first-order chi connectivity index (χ1) is 8.30. The third-order valence-corrected chi connectivity index (χ3v) is 3.21. The molecule has 2 rings (SSSR count).